The summed E-state index contributed by atoms with van der Waals surface area (Å²) in [6.07, 6.45) is 7.16. The fourth-order valence-electron chi connectivity index (χ4n) is 6.95. The largest absolute Gasteiger partial charge is 0.390 e. The summed E-state index contributed by atoms with van der Waals surface area (Å²) in [6, 6.07) is 0. The van der Waals surface area contributed by atoms with E-state index in [1.54, 1.807) is 0 Å². The van der Waals surface area contributed by atoms with Crippen LogP contribution in [0.1, 0.15) is 38.5 Å². The molecule has 7 rings (SSSR count). The van der Waals surface area contributed by atoms with Crippen molar-refractivity contribution in [2.75, 3.05) is 0 Å². The van der Waals surface area contributed by atoms with Crippen molar-refractivity contribution in [3.8, 4) is 0 Å². The summed E-state index contributed by atoms with van der Waals surface area (Å²) in [4.78, 5) is 0. The highest BCUT2D eigenvalue weighted by molar-refractivity contribution is 5.21. The average molecular weight is 219 g/mol. The molecule has 0 spiro atoms. The smallest absolute Gasteiger partial charge is 0.0656 e. The van der Waals surface area contributed by atoms with E-state index in [4.69, 9.17) is 5.73 Å². The zero-order chi connectivity index (χ0) is 10.7. The third kappa shape index (κ3) is 0.799. The van der Waals surface area contributed by atoms with E-state index >= 15 is 0 Å². The number of aliphatic hydroxyl groups is 1. The van der Waals surface area contributed by atoms with Crippen LogP contribution < -0.4 is 5.73 Å². The van der Waals surface area contributed by atoms with Crippen LogP contribution in [0.15, 0.2) is 0 Å². The molecule has 2 nitrogen and oxygen atoms in total. The van der Waals surface area contributed by atoms with Crippen molar-refractivity contribution in [1.29, 1.82) is 0 Å². The van der Waals surface area contributed by atoms with E-state index in [2.05, 4.69) is 0 Å². The molecule has 2 heteroatoms. The Balaban J connectivity index is 1.68. The molecule has 8 bridgehead atoms. The van der Waals surface area contributed by atoms with Gasteiger partial charge in [-0.1, -0.05) is 0 Å². The van der Waals surface area contributed by atoms with Crippen LogP contribution in [-0.4, -0.2) is 16.2 Å². The second kappa shape index (κ2) is 2.24. The third-order valence-corrected chi connectivity index (χ3v) is 7.07. The minimum Gasteiger partial charge on any atom is -0.390 e. The molecule has 0 aromatic carbocycles. The van der Waals surface area contributed by atoms with Gasteiger partial charge in [-0.25, -0.2) is 0 Å². The molecule has 0 atom stereocenters. The van der Waals surface area contributed by atoms with Gasteiger partial charge in [-0.15, -0.1) is 0 Å². The van der Waals surface area contributed by atoms with Crippen molar-refractivity contribution in [3.05, 3.63) is 0 Å². The van der Waals surface area contributed by atoms with E-state index in [1.165, 1.54) is 19.3 Å². The lowest BCUT2D eigenvalue weighted by Crippen LogP contribution is -2.72. The normalized spacial score (nSPS) is 73.9. The van der Waals surface area contributed by atoms with Gasteiger partial charge in [-0.05, 0) is 74.0 Å². The minimum absolute atomic E-state index is 0.205. The summed E-state index contributed by atoms with van der Waals surface area (Å²) in [6.45, 7) is 0. The van der Waals surface area contributed by atoms with E-state index in [0.29, 0.717) is 0 Å². The average Bonchev–Trinajstić information content (AvgIpc) is 2.22. The van der Waals surface area contributed by atoms with Gasteiger partial charge in [-0.3, -0.25) is 0 Å². The molecule has 88 valence electrons. The Kier molecular flexibility index (Phi) is 1.25. The highest BCUT2D eigenvalue weighted by Crippen LogP contribution is 2.72. The Hall–Kier alpha value is -0.0800. The first-order valence-electron chi connectivity index (χ1n) is 7.08. The Morgan fingerprint density at radius 3 is 1.38 bits per heavy atom. The maximum absolute atomic E-state index is 10.6. The highest BCUT2D eigenvalue weighted by Gasteiger charge is 2.69. The molecule has 7 aliphatic rings. The van der Waals surface area contributed by atoms with Crippen molar-refractivity contribution in [3.63, 3.8) is 0 Å². The molecule has 0 radical (unpaired) electrons. The van der Waals surface area contributed by atoms with Crippen LogP contribution in [-0.2, 0) is 0 Å². The van der Waals surface area contributed by atoms with Gasteiger partial charge in [0.2, 0.25) is 0 Å². The van der Waals surface area contributed by atoms with Gasteiger partial charge in [0.15, 0.2) is 0 Å². The molecule has 0 unspecified atom stereocenters. The number of hydrogen-bond acceptors (Lipinski definition) is 2. The first-order chi connectivity index (χ1) is 7.57. The molecule has 3 N–H and O–H groups in total. The van der Waals surface area contributed by atoms with Crippen LogP contribution in [0.3, 0.4) is 0 Å². The lowest BCUT2D eigenvalue weighted by molar-refractivity contribution is -0.259. The fraction of sp³-hybridized carbons (Fsp3) is 1.00. The van der Waals surface area contributed by atoms with Crippen molar-refractivity contribution in [2.24, 2.45) is 41.2 Å². The van der Waals surface area contributed by atoms with Crippen molar-refractivity contribution >= 4 is 0 Å². The van der Waals surface area contributed by atoms with Crippen LogP contribution in [0.5, 0.6) is 0 Å². The molecule has 0 saturated heterocycles. The molecular formula is C14H21NO. The predicted molar refractivity (Wildman–Crippen MR) is 60.5 cm³/mol. The summed E-state index contributed by atoms with van der Waals surface area (Å²) in [5.74, 6) is 5.19. The van der Waals surface area contributed by atoms with Crippen LogP contribution in [0.2, 0.25) is 0 Å². The molecule has 0 amide bonds. The molecular weight excluding hydrogens is 198 g/mol. The fourth-order valence-corrected chi connectivity index (χ4v) is 6.95. The van der Waals surface area contributed by atoms with E-state index in [-0.39, 0.29) is 11.1 Å². The summed E-state index contributed by atoms with van der Waals surface area (Å²) < 4.78 is 0. The Morgan fingerprint density at radius 1 is 0.688 bits per heavy atom. The summed E-state index contributed by atoms with van der Waals surface area (Å²) >= 11 is 0. The van der Waals surface area contributed by atoms with E-state index in [1.807, 2.05) is 0 Å². The monoisotopic (exact) mass is 219 g/mol. The number of hydrogen-bond donors (Lipinski definition) is 2. The second-order valence-corrected chi connectivity index (χ2v) is 7.79. The Labute approximate surface area is 96.6 Å². The Bertz CT molecular complexity index is 278. The molecule has 0 heterocycles. The maximum Gasteiger partial charge on any atom is 0.0656 e. The summed E-state index contributed by atoms with van der Waals surface area (Å²) in [7, 11) is 0. The zero-order valence-electron chi connectivity index (χ0n) is 9.73. The van der Waals surface area contributed by atoms with E-state index < -0.39 is 0 Å². The lowest BCUT2D eigenvalue weighted by Gasteiger charge is -2.73. The SMILES string of the molecule is NC12CC3C4CC5(O)CC3C(C1)C(C5)C4C2. The highest BCUT2D eigenvalue weighted by atomic mass is 16.3. The van der Waals surface area contributed by atoms with Gasteiger partial charge >= 0.3 is 0 Å². The Morgan fingerprint density at radius 2 is 1.00 bits per heavy atom. The molecule has 0 aromatic rings. The van der Waals surface area contributed by atoms with Crippen molar-refractivity contribution < 1.29 is 5.11 Å². The standard InChI is InChI=1S/C14H21NO/c15-13-1-7-10-4-14(16)5-11(7)9(3-13)12(6-14)8(10)2-13/h7-12,16H,1-6,15H2. The van der Waals surface area contributed by atoms with Gasteiger partial charge in [0.1, 0.15) is 0 Å². The van der Waals surface area contributed by atoms with Crippen LogP contribution >= 0.6 is 0 Å². The van der Waals surface area contributed by atoms with Crippen molar-refractivity contribution in [2.45, 2.75) is 49.7 Å². The lowest BCUT2D eigenvalue weighted by atomic mass is 9.33. The topological polar surface area (TPSA) is 46.2 Å². The minimum atomic E-state index is -0.255. The van der Waals surface area contributed by atoms with Gasteiger partial charge < -0.3 is 10.8 Å². The first-order valence-corrected chi connectivity index (χ1v) is 7.08. The molecule has 16 heavy (non-hydrogen) atoms. The molecule has 0 aliphatic heterocycles. The van der Waals surface area contributed by atoms with Crippen LogP contribution in [0, 0.1) is 35.5 Å². The van der Waals surface area contributed by atoms with Gasteiger partial charge in [0, 0.05) is 5.54 Å². The molecule has 7 fully saturated rings. The summed E-state index contributed by atoms with van der Waals surface area (Å²) in [5, 5.41) is 10.6. The van der Waals surface area contributed by atoms with Gasteiger partial charge in [-0.2, -0.15) is 0 Å². The zero-order valence-corrected chi connectivity index (χ0v) is 9.73. The van der Waals surface area contributed by atoms with E-state index in [0.717, 1.165) is 54.8 Å². The van der Waals surface area contributed by atoms with Gasteiger partial charge in [0.05, 0.1) is 5.60 Å². The van der Waals surface area contributed by atoms with Crippen molar-refractivity contribution in [1.82, 2.24) is 0 Å². The van der Waals surface area contributed by atoms with E-state index in [9.17, 15) is 5.11 Å². The first kappa shape index (κ1) is 8.93. The molecule has 0 aromatic heterocycles. The number of nitrogens with two attached hydrogens (primary N) is 1. The number of rotatable bonds is 0. The quantitative estimate of drug-likeness (QED) is 0.649. The van der Waals surface area contributed by atoms with Crippen LogP contribution in [0.4, 0.5) is 0 Å². The maximum atomic E-state index is 10.6. The van der Waals surface area contributed by atoms with Crippen LogP contribution in [0.25, 0.3) is 0 Å². The van der Waals surface area contributed by atoms with Gasteiger partial charge in [0.25, 0.3) is 0 Å². The summed E-state index contributed by atoms with van der Waals surface area (Å²) in [5.41, 5.74) is 6.52. The molecule has 7 aliphatic carbocycles. The third-order valence-electron chi connectivity index (χ3n) is 7.07. The molecule has 7 saturated carbocycles. The second-order valence-electron chi connectivity index (χ2n) is 7.79. The predicted octanol–water partition coefficient (Wildman–Crippen LogP) is 1.52.